The molecule has 0 saturated heterocycles. The van der Waals surface area contributed by atoms with Crippen LogP contribution in [0.4, 0.5) is 0 Å². The van der Waals surface area contributed by atoms with Gasteiger partial charge in [0.15, 0.2) is 6.61 Å². The quantitative estimate of drug-likeness (QED) is 0.790. The van der Waals surface area contributed by atoms with Crippen molar-refractivity contribution in [3.8, 4) is 5.75 Å². The lowest BCUT2D eigenvalue weighted by Crippen LogP contribution is -2.30. The zero-order chi connectivity index (χ0) is 13.5. The van der Waals surface area contributed by atoms with E-state index in [-0.39, 0.29) is 12.5 Å². The number of hydroxylamine groups is 1. The second kappa shape index (κ2) is 7.01. The van der Waals surface area contributed by atoms with Gasteiger partial charge < -0.3 is 4.74 Å². The van der Waals surface area contributed by atoms with Crippen molar-refractivity contribution in [2.24, 2.45) is 5.92 Å². The summed E-state index contributed by atoms with van der Waals surface area (Å²) in [6.45, 7) is 8.52. The Morgan fingerprint density at radius 3 is 2.61 bits per heavy atom. The summed E-state index contributed by atoms with van der Waals surface area (Å²) in [5.41, 5.74) is 4.69. The molecule has 1 rings (SSSR count). The number of hydrogen-bond donors (Lipinski definition) is 1. The van der Waals surface area contributed by atoms with Crippen LogP contribution in [0.25, 0.3) is 0 Å². The molecule has 100 valence electrons. The Balaban J connectivity index is 2.31. The van der Waals surface area contributed by atoms with Gasteiger partial charge in [-0.1, -0.05) is 19.9 Å². The van der Waals surface area contributed by atoms with Crippen molar-refractivity contribution in [3.63, 3.8) is 0 Å². The number of carbonyl (C=O) groups excluding carboxylic acids is 1. The lowest BCUT2D eigenvalue weighted by molar-refractivity contribution is -0.136. The summed E-state index contributed by atoms with van der Waals surface area (Å²) in [4.78, 5) is 16.4. The number of carbonyl (C=O) groups is 1. The summed E-state index contributed by atoms with van der Waals surface area (Å²) in [6.07, 6.45) is 0. The Morgan fingerprint density at radius 1 is 1.28 bits per heavy atom. The fourth-order valence-electron chi connectivity index (χ4n) is 1.27. The molecule has 0 aliphatic rings. The highest BCUT2D eigenvalue weighted by atomic mass is 16.7. The summed E-state index contributed by atoms with van der Waals surface area (Å²) in [6, 6.07) is 5.74. The van der Waals surface area contributed by atoms with Crippen molar-refractivity contribution in [2.75, 3.05) is 13.2 Å². The van der Waals surface area contributed by atoms with Gasteiger partial charge in [0, 0.05) is 0 Å². The van der Waals surface area contributed by atoms with Gasteiger partial charge in [-0.25, -0.2) is 5.48 Å². The van der Waals surface area contributed by atoms with E-state index in [2.05, 4.69) is 5.48 Å². The molecule has 1 aromatic rings. The van der Waals surface area contributed by atoms with Gasteiger partial charge in [-0.3, -0.25) is 9.63 Å². The number of nitrogens with one attached hydrogen (secondary N) is 1. The number of amides is 1. The number of aryl methyl sites for hydroxylation is 2. The first-order valence-corrected chi connectivity index (χ1v) is 6.09. The molecule has 4 nitrogen and oxygen atoms in total. The molecule has 0 saturated carbocycles. The fraction of sp³-hybridized carbons (Fsp3) is 0.500. The second-order valence-electron chi connectivity index (χ2n) is 4.76. The zero-order valence-corrected chi connectivity index (χ0v) is 11.4. The minimum Gasteiger partial charge on any atom is -0.484 e. The molecular formula is C14H21NO3. The Bertz CT molecular complexity index is 402. The van der Waals surface area contributed by atoms with Gasteiger partial charge in [0.2, 0.25) is 0 Å². The molecule has 0 spiro atoms. The molecule has 1 aromatic carbocycles. The van der Waals surface area contributed by atoms with Crippen LogP contribution in [0.2, 0.25) is 0 Å². The van der Waals surface area contributed by atoms with Gasteiger partial charge >= 0.3 is 0 Å². The van der Waals surface area contributed by atoms with E-state index < -0.39 is 0 Å². The van der Waals surface area contributed by atoms with E-state index in [4.69, 9.17) is 9.57 Å². The number of hydrogen-bond acceptors (Lipinski definition) is 3. The maximum absolute atomic E-state index is 11.4. The summed E-state index contributed by atoms with van der Waals surface area (Å²) < 4.78 is 5.37. The van der Waals surface area contributed by atoms with Crippen LogP contribution in [0.3, 0.4) is 0 Å². The molecule has 0 radical (unpaired) electrons. The topological polar surface area (TPSA) is 47.6 Å². The molecule has 0 aliphatic heterocycles. The molecule has 0 bridgehead atoms. The summed E-state index contributed by atoms with van der Waals surface area (Å²) in [7, 11) is 0. The van der Waals surface area contributed by atoms with Gasteiger partial charge in [-0.2, -0.15) is 0 Å². The van der Waals surface area contributed by atoms with Crippen LogP contribution in [0, 0.1) is 19.8 Å². The Labute approximate surface area is 108 Å². The Kier molecular flexibility index (Phi) is 5.65. The van der Waals surface area contributed by atoms with Crippen LogP contribution >= 0.6 is 0 Å². The molecule has 18 heavy (non-hydrogen) atoms. The largest absolute Gasteiger partial charge is 0.484 e. The van der Waals surface area contributed by atoms with Gasteiger partial charge in [0.05, 0.1) is 6.61 Å². The van der Waals surface area contributed by atoms with Gasteiger partial charge in [-0.05, 0) is 43.0 Å². The van der Waals surface area contributed by atoms with Crippen LogP contribution in [-0.2, 0) is 9.63 Å². The first-order chi connectivity index (χ1) is 8.49. The molecule has 1 N–H and O–H groups in total. The summed E-state index contributed by atoms with van der Waals surface area (Å²) in [5, 5.41) is 0. The van der Waals surface area contributed by atoms with Crippen LogP contribution in [-0.4, -0.2) is 19.1 Å². The predicted octanol–water partition coefficient (Wildman–Crippen LogP) is 2.39. The maximum Gasteiger partial charge on any atom is 0.281 e. The fourth-order valence-corrected chi connectivity index (χ4v) is 1.27. The maximum atomic E-state index is 11.4. The molecule has 0 aromatic heterocycles. The van der Waals surface area contributed by atoms with Gasteiger partial charge in [0.1, 0.15) is 5.75 Å². The lowest BCUT2D eigenvalue weighted by atomic mass is 10.1. The third-order valence-corrected chi connectivity index (χ3v) is 2.45. The molecule has 0 fully saturated rings. The number of ether oxygens (including phenoxy) is 1. The van der Waals surface area contributed by atoms with Crippen molar-refractivity contribution in [3.05, 3.63) is 29.3 Å². The highest BCUT2D eigenvalue weighted by molar-refractivity contribution is 5.76. The summed E-state index contributed by atoms with van der Waals surface area (Å²) >= 11 is 0. The van der Waals surface area contributed by atoms with Crippen LogP contribution in [0.5, 0.6) is 5.75 Å². The van der Waals surface area contributed by atoms with E-state index in [0.29, 0.717) is 18.3 Å². The molecule has 4 heteroatoms. The first kappa shape index (κ1) is 14.5. The molecule has 0 atom stereocenters. The van der Waals surface area contributed by atoms with Crippen molar-refractivity contribution >= 4 is 5.91 Å². The second-order valence-corrected chi connectivity index (χ2v) is 4.76. The smallest absolute Gasteiger partial charge is 0.281 e. The number of rotatable bonds is 6. The Morgan fingerprint density at radius 2 is 2.00 bits per heavy atom. The summed E-state index contributed by atoms with van der Waals surface area (Å²) in [5.74, 6) is 0.789. The van der Waals surface area contributed by atoms with Gasteiger partial charge in [0.25, 0.3) is 5.91 Å². The van der Waals surface area contributed by atoms with E-state index in [1.807, 2.05) is 45.9 Å². The molecule has 0 aliphatic carbocycles. The normalized spacial score (nSPS) is 10.5. The minimum absolute atomic E-state index is 0.0411. The van der Waals surface area contributed by atoms with Crippen molar-refractivity contribution in [1.82, 2.24) is 5.48 Å². The van der Waals surface area contributed by atoms with Gasteiger partial charge in [-0.15, -0.1) is 0 Å². The predicted molar refractivity (Wildman–Crippen MR) is 70.3 cm³/mol. The highest BCUT2D eigenvalue weighted by Gasteiger charge is 2.04. The Hall–Kier alpha value is -1.55. The number of benzene rings is 1. The van der Waals surface area contributed by atoms with Crippen molar-refractivity contribution in [1.29, 1.82) is 0 Å². The minimum atomic E-state index is -0.283. The lowest BCUT2D eigenvalue weighted by Gasteiger charge is -2.10. The van der Waals surface area contributed by atoms with Crippen LogP contribution in [0.1, 0.15) is 25.0 Å². The SMILES string of the molecule is Cc1ccc(OCC(=O)NOCC(C)C)cc1C. The molecule has 0 heterocycles. The van der Waals surface area contributed by atoms with E-state index in [1.54, 1.807) is 0 Å². The zero-order valence-electron chi connectivity index (χ0n) is 11.4. The average molecular weight is 251 g/mol. The van der Waals surface area contributed by atoms with E-state index >= 15 is 0 Å². The molecule has 1 amide bonds. The molecule has 0 unspecified atom stereocenters. The van der Waals surface area contributed by atoms with E-state index in [1.165, 1.54) is 5.56 Å². The standard InChI is InChI=1S/C14H21NO3/c1-10(2)8-18-15-14(16)9-17-13-6-5-11(3)12(4)7-13/h5-7,10H,8-9H2,1-4H3,(H,15,16). The van der Waals surface area contributed by atoms with Crippen molar-refractivity contribution < 1.29 is 14.4 Å². The monoisotopic (exact) mass is 251 g/mol. The van der Waals surface area contributed by atoms with Crippen LogP contribution < -0.4 is 10.2 Å². The average Bonchev–Trinajstić information content (AvgIpc) is 2.30. The van der Waals surface area contributed by atoms with Crippen LogP contribution in [0.15, 0.2) is 18.2 Å². The first-order valence-electron chi connectivity index (χ1n) is 6.09. The third-order valence-electron chi connectivity index (χ3n) is 2.45. The third kappa shape index (κ3) is 5.19. The highest BCUT2D eigenvalue weighted by Crippen LogP contribution is 2.16. The van der Waals surface area contributed by atoms with Crippen molar-refractivity contribution in [2.45, 2.75) is 27.7 Å². The molecular weight excluding hydrogens is 230 g/mol. The van der Waals surface area contributed by atoms with E-state index in [9.17, 15) is 4.79 Å². The van der Waals surface area contributed by atoms with E-state index in [0.717, 1.165) is 5.56 Å².